The highest BCUT2D eigenvalue weighted by atomic mass is 35.5. The van der Waals surface area contributed by atoms with Crippen LogP contribution in [0.2, 0.25) is 0 Å². The molecule has 0 aromatic heterocycles. The lowest BCUT2D eigenvalue weighted by Gasteiger charge is -2.27. The minimum atomic E-state index is -0.560. The normalized spacial score (nSPS) is 11.6. The van der Waals surface area contributed by atoms with Gasteiger partial charge in [-0.1, -0.05) is 0 Å². The zero-order chi connectivity index (χ0) is 11.9. The molecule has 1 amide bonds. The van der Waals surface area contributed by atoms with Gasteiger partial charge in [0.25, 0.3) is 0 Å². The van der Waals surface area contributed by atoms with Gasteiger partial charge in [0.1, 0.15) is 6.61 Å². The molecule has 5 nitrogen and oxygen atoms in total. The standard InChI is InChI=1S/C8H16Cl2N2O3/c1-8(2,12(9)10)3-4-11-7(14)15-6-5-13/h13H,3-6H2,1-2H3,(H,11,14). The van der Waals surface area contributed by atoms with E-state index in [2.05, 4.69) is 10.1 Å². The summed E-state index contributed by atoms with van der Waals surface area (Å²) in [7, 11) is 0. The van der Waals surface area contributed by atoms with Crippen molar-refractivity contribution in [1.29, 1.82) is 0 Å². The second-order valence-electron chi connectivity index (χ2n) is 3.58. The van der Waals surface area contributed by atoms with Gasteiger partial charge in [-0.05, 0) is 43.8 Å². The third-order valence-electron chi connectivity index (χ3n) is 1.79. The summed E-state index contributed by atoms with van der Waals surface area (Å²) in [5.74, 6) is 0. The Balaban J connectivity index is 3.65. The van der Waals surface area contributed by atoms with Crippen LogP contribution in [0.3, 0.4) is 0 Å². The molecule has 0 aliphatic heterocycles. The van der Waals surface area contributed by atoms with Gasteiger partial charge in [-0.3, -0.25) is 0 Å². The number of carbonyl (C=O) groups excluding carboxylic acids is 1. The van der Waals surface area contributed by atoms with Gasteiger partial charge in [0.05, 0.1) is 6.61 Å². The first-order chi connectivity index (χ1) is 6.90. The maximum atomic E-state index is 10.9. The molecule has 0 aromatic carbocycles. The van der Waals surface area contributed by atoms with Crippen molar-refractivity contribution in [2.45, 2.75) is 25.8 Å². The van der Waals surface area contributed by atoms with Crippen LogP contribution in [0.4, 0.5) is 4.79 Å². The van der Waals surface area contributed by atoms with Crippen molar-refractivity contribution in [2.24, 2.45) is 0 Å². The zero-order valence-corrected chi connectivity index (χ0v) is 10.3. The maximum Gasteiger partial charge on any atom is 0.407 e. The van der Waals surface area contributed by atoms with Crippen LogP contribution in [0.25, 0.3) is 0 Å². The van der Waals surface area contributed by atoms with E-state index in [4.69, 9.17) is 28.7 Å². The number of rotatable bonds is 6. The first kappa shape index (κ1) is 14.8. The van der Waals surface area contributed by atoms with E-state index in [9.17, 15) is 4.79 Å². The molecule has 0 saturated carbocycles. The molecule has 0 atom stereocenters. The highest BCUT2D eigenvalue weighted by molar-refractivity contribution is 6.34. The average molecular weight is 259 g/mol. The van der Waals surface area contributed by atoms with Crippen molar-refractivity contribution in [2.75, 3.05) is 19.8 Å². The van der Waals surface area contributed by atoms with E-state index in [-0.39, 0.29) is 13.2 Å². The Kier molecular flexibility index (Phi) is 7.00. The molecule has 0 radical (unpaired) electrons. The number of hydrogen-bond donors (Lipinski definition) is 2. The number of alkyl carbamates (subject to hydrolysis) is 1. The molecule has 0 aliphatic rings. The Hall–Kier alpha value is -0.230. The summed E-state index contributed by atoms with van der Waals surface area (Å²) in [5.41, 5.74) is -0.423. The maximum absolute atomic E-state index is 10.9. The number of aliphatic hydroxyl groups excluding tert-OH is 1. The summed E-state index contributed by atoms with van der Waals surface area (Å²) < 4.78 is 5.64. The predicted molar refractivity (Wildman–Crippen MR) is 58.7 cm³/mol. The van der Waals surface area contributed by atoms with Crippen LogP contribution in [-0.2, 0) is 4.74 Å². The van der Waals surface area contributed by atoms with Crippen LogP contribution in [0.5, 0.6) is 0 Å². The van der Waals surface area contributed by atoms with Crippen LogP contribution in [-0.4, -0.2) is 40.4 Å². The number of nitrogens with zero attached hydrogens (tertiary/aromatic N) is 1. The second-order valence-corrected chi connectivity index (χ2v) is 4.43. The number of halogens is 2. The Morgan fingerprint density at radius 2 is 2.13 bits per heavy atom. The van der Waals surface area contributed by atoms with Crippen molar-refractivity contribution in [3.05, 3.63) is 0 Å². The van der Waals surface area contributed by atoms with E-state index in [1.54, 1.807) is 0 Å². The number of hydrogen-bond acceptors (Lipinski definition) is 4. The third kappa shape index (κ3) is 6.78. The molecule has 15 heavy (non-hydrogen) atoms. The van der Waals surface area contributed by atoms with E-state index in [0.29, 0.717) is 13.0 Å². The van der Waals surface area contributed by atoms with Crippen molar-refractivity contribution >= 4 is 29.6 Å². The van der Waals surface area contributed by atoms with Crippen LogP contribution in [0.1, 0.15) is 20.3 Å². The number of nitrogens with one attached hydrogen (secondary N) is 1. The third-order valence-corrected chi connectivity index (χ3v) is 2.70. The summed E-state index contributed by atoms with van der Waals surface area (Å²) >= 11 is 11.2. The van der Waals surface area contributed by atoms with Crippen molar-refractivity contribution in [3.63, 3.8) is 0 Å². The minimum absolute atomic E-state index is 0.00758. The number of aliphatic hydroxyl groups is 1. The first-order valence-electron chi connectivity index (χ1n) is 4.53. The SMILES string of the molecule is CC(C)(CCNC(=O)OCCO)N(Cl)Cl. The Morgan fingerprint density at radius 3 is 2.60 bits per heavy atom. The van der Waals surface area contributed by atoms with Gasteiger partial charge < -0.3 is 15.2 Å². The van der Waals surface area contributed by atoms with Gasteiger partial charge in [-0.15, -0.1) is 3.94 Å². The molecule has 0 aromatic rings. The molecule has 90 valence electrons. The lowest BCUT2D eigenvalue weighted by atomic mass is 10.0. The fourth-order valence-electron chi connectivity index (χ4n) is 0.744. The fourth-order valence-corrected chi connectivity index (χ4v) is 0.913. The van der Waals surface area contributed by atoms with Gasteiger partial charge in [0.2, 0.25) is 0 Å². The second kappa shape index (κ2) is 7.11. The quantitative estimate of drug-likeness (QED) is 0.709. The van der Waals surface area contributed by atoms with Crippen LogP contribution >= 0.6 is 23.6 Å². The van der Waals surface area contributed by atoms with Gasteiger partial charge in [0.15, 0.2) is 0 Å². The molecule has 7 heteroatoms. The largest absolute Gasteiger partial charge is 0.447 e. The van der Waals surface area contributed by atoms with Gasteiger partial charge in [-0.2, -0.15) is 0 Å². The topological polar surface area (TPSA) is 61.8 Å². The first-order valence-corrected chi connectivity index (χ1v) is 5.21. The predicted octanol–water partition coefficient (Wildman–Crippen LogP) is 1.48. The van der Waals surface area contributed by atoms with Crippen LogP contribution in [0.15, 0.2) is 0 Å². The molecule has 0 saturated heterocycles. The van der Waals surface area contributed by atoms with Gasteiger partial charge in [-0.25, -0.2) is 4.79 Å². The molecule has 0 fully saturated rings. The van der Waals surface area contributed by atoms with Crippen LogP contribution < -0.4 is 5.32 Å². The molecule has 2 N–H and O–H groups in total. The van der Waals surface area contributed by atoms with Crippen molar-refractivity contribution in [1.82, 2.24) is 9.25 Å². The minimum Gasteiger partial charge on any atom is -0.447 e. The van der Waals surface area contributed by atoms with Crippen molar-refractivity contribution < 1.29 is 14.6 Å². The highest BCUT2D eigenvalue weighted by Crippen LogP contribution is 2.22. The van der Waals surface area contributed by atoms with E-state index >= 15 is 0 Å². The number of amides is 1. The average Bonchev–Trinajstić information content (AvgIpc) is 2.14. The summed E-state index contributed by atoms with van der Waals surface area (Å²) in [6, 6.07) is 0. The molecule has 0 rings (SSSR count). The highest BCUT2D eigenvalue weighted by Gasteiger charge is 2.24. The molecule has 0 bridgehead atoms. The molecule has 0 heterocycles. The van der Waals surface area contributed by atoms with E-state index in [0.717, 1.165) is 3.94 Å². The van der Waals surface area contributed by atoms with E-state index in [1.807, 2.05) is 13.8 Å². The molecule has 0 unspecified atom stereocenters. The monoisotopic (exact) mass is 258 g/mol. The molecule has 0 aliphatic carbocycles. The molecule has 0 spiro atoms. The summed E-state index contributed by atoms with van der Waals surface area (Å²) in [6.45, 7) is 3.89. The fraction of sp³-hybridized carbons (Fsp3) is 0.875. The summed E-state index contributed by atoms with van der Waals surface area (Å²) in [6.07, 6.45) is 0.0179. The smallest absolute Gasteiger partial charge is 0.407 e. The summed E-state index contributed by atoms with van der Waals surface area (Å²) in [5, 5.41) is 10.9. The Bertz CT molecular complexity index is 200. The van der Waals surface area contributed by atoms with Gasteiger partial charge in [0, 0.05) is 12.1 Å². The van der Waals surface area contributed by atoms with Crippen molar-refractivity contribution in [3.8, 4) is 0 Å². The lowest BCUT2D eigenvalue weighted by molar-refractivity contribution is 0.118. The lowest BCUT2D eigenvalue weighted by Crippen LogP contribution is -2.36. The number of carbonyl (C=O) groups is 1. The molecular formula is C8H16Cl2N2O3. The van der Waals surface area contributed by atoms with Gasteiger partial charge >= 0.3 is 6.09 Å². The zero-order valence-electron chi connectivity index (χ0n) is 8.80. The number of ether oxygens (including phenoxy) is 1. The van der Waals surface area contributed by atoms with Crippen LogP contribution in [0, 0.1) is 0 Å². The van der Waals surface area contributed by atoms with E-state index < -0.39 is 11.6 Å². The Morgan fingerprint density at radius 1 is 1.53 bits per heavy atom. The summed E-state index contributed by atoms with van der Waals surface area (Å²) in [4.78, 5) is 10.9. The van der Waals surface area contributed by atoms with E-state index in [1.165, 1.54) is 0 Å². The molecular weight excluding hydrogens is 243 g/mol. The Labute approximate surface area is 99.5 Å².